The van der Waals surface area contributed by atoms with Crippen LogP contribution in [-0.4, -0.2) is 28.5 Å². The standard InChI is InChI=1S/C12H18N4OS/c1-9-8-18-12(15-9)7-10(13)11-3-4-14-16(11)5-6-17-2/h3-4,8,10H,5-7,13H2,1-2H3. The Balaban J connectivity index is 2.04. The van der Waals surface area contributed by atoms with Crippen molar-refractivity contribution < 1.29 is 4.74 Å². The Kier molecular flexibility index (Phi) is 4.46. The highest BCUT2D eigenvalue weighted by atomic mass is 32.1. The van der Waals surface area contributed by atoms with E-state index in [4.69, 9.17) is 10.5 Å². The molecule has 18 heavy (non-hydrogen) atoms. The molecule has 0 bridgehead atoms. The Morgan fingerprint density at radius 2 is 2.39 bits per heavy atom. The number of ether oxygens (including phenoxy) is 1. The number of nitrogens with zero attached hydrogens (tertiary/aromatic N) is 3. The number of nitrogens with two attached hydrogens (primary N) is 1. The molecule has 0 fully saturated rings. The molecular formula is C12H18N4OS. The van der Waals surface area contributed by atoms with Gasteiger partial charge in [0.2, 0.25) is 0 Å². The van der Waals surface area contributed by atoms with Crippen LogP contribution in [-0.2, 0) is 17.7 Å². The topological polar surface area (TPSA) is 66.0 Å². The maximum atomic E-state index is 6.22. The number of methoxy groups -OCH3 is 1. The highest BCUT2D eigenvalue weighted by Crippen LogP contribution is 2.18. The van der Waals surface area contributed by atoms with E-state index in [1.807, 2.05) is 23.1 Å². The third kappa shape index (κ3) is 3.16. The van der Waals surface area contributed by atoms with Crippen molar-refractivity contribution in [2.75, 3.05) is 13.7 Å². The molecule has 1 unspecified atom stereocenters. The summed E-state index contributed by atoms with van der Waals surface area (Å²) in [5.41, 5.74) is 8.30. The first-order chi connectivity index (χ1) is 8.70. The second-order valence-electron chi connectivity index (χ2n) is 4.17. The molecule has 1 atom stereocenters. The zero-order valence-corrected chi connectivity index (χ0v) is 11.5. The predicted molar refractivity (Wildman–Crippen MR) is 71.6 cm³/mol. The lowest BCUT2D eigenvalue weighted by Crippen LogP contribution is -2.20. The number of aryl methyl sites for hydroxylation is 1. The molecule has 2 heterocycles. The second-order valence-corrected chi connectivity index (χ2v) is 5.11. The summed E-state index contributed by atoms with van der Waals surface area (Å²) in [6.07, 6.45) is 2.52. The zero-order valence-electron chi connectivity index (χ0n) is 10.7. The molecule has 0 aromatic carbocycles. The molecule has 2 rings (SSSR count). The van der Waals surface area contributed by atoms with Crippen molar-refractivity contribution in [2.45, 2.75) is 25.9 Å². The molecule has 5 nitrogen and oxygen atoms in total. The van der Waals surface area contributed by atoms with Gasteiger partial charge >= 0.3 is 0 Å². The summed E-state index contributed by atoms with van der Waals surface area (Å²) in [6.45, 7) is 3.36. The van der Waals surface area contributed by atoms with Crippen molar-refractivity contribution in [1.82, 2.24) is 14.8 Å². The molecule has 0 aliphatic carbocycles. The Bertz CT molecular complexity index is 494. The fraction of sp³-hybridized carbons (Fsp3) is 0.500. The first kappa shape index (κ1) is 13.2. The van der Waals surface area contributed by atoms with E-state index in [1.54, 1.807) is 24.6 Å². The van der Waals surface area contributed by atoms with Crippen LogP contribution in [0.1, 0.15) is 22.4 Å². The maximum Gasteiger partial charge on any atom is 0.0947 e. The van der Waals surface area contributed by atoms with E-state index in [-0.39, 0.29) is 6.04 Å². The van der Waals surface area contributed by atoms with Crippen molar-refractivity contribution in [3.8, 4) is 0 Å². The van der Waals surface area contributed by atoms with Gasteiger partial charge in [-0.1, -0.05) is 0 Å². The summed E-state index contributed by atoms with van der Waals surface area (Å²) in [4.78, 5) is 4.44. The van der Waals surface area contributed by atoms with Gasteiger partial charge in [-0.3, -0.25) is 4.68 Å². The van der Waals surface area contributed by atoms with Crippen LogP contribution in [0.15, 0.2) is 17.6 Å². The Hall–Kier alpha value is -1.24. The zero-order chi connectivity index (χ0) is 13.0. The molecule has 0 aliphatic rings. The molecule has 0 spiro atoms. The first-order valence-electron chi connectivity index (χ1n) is 5.88. The summed E-state index contributed by atoms with van der Waals surface area (Å²) < 4.78 is 6.96. The molecule has 98 valence electrons. The van der Waals surface area contributed by atoms with E-state index in [1.165, 1.54) is 0 Å². The van der Waals surface area contributed by atoms with E-state index < -0.39 is 0 Å². The quantitative estimate of drug-likeness (QED) is 0.861. The van der Waals surface area contributed by atoms with Crippen molar-refractivity contribution in [3.63, 3.8) is 0 Å². The number of aromatic nitrogens is 3. The molecule has 0 saturated heterocycles. The Morgan fingerprint density at radius 3 is 3.06 bits per heavy atom. The van der Waals surface area contributed by atoms with Crippen molar-refractivity contribution in [2.24, 2.45) is 5.73 Å². The molecule has 6 heteroatoms. The third-order valence-electron chi connectivity index (χ3n) is 2.70. The smallest absolute Gasteiger partial charge is 0.0947 e. The average Bonchev–Trinajstić information content (AvgIpc) is 2.95. The second kappa shape index (κ2) is 6.08. The van der Waals surface area contributed by atoms with Gasteiger partial charge < -0.3 is 10.5 Å². The van der Waals surface area contributed by atoms with Crippen LogP contribution < -0.4 is 5.73 Å². The summed E-state index contributed by atoms with van der Waals surface area (Å²) in [7, 11) is 1.68. The van der Waals surface area contributed by atoms with Gasteiger partial charge in [0.1, 0.15) is 0 Å². The normalized spacial score (nSPS) is 12.8. The Morgan fingerprint density at radius 1 is 1.56 bits per heavy atom. The van der Waals surface area contributed by atoms with Crippen molar-refractivity contribution >= 4 is 11.3 Å². The highest BCUT2D eigenvalue weighted by Gasteiger charge is 2.14. The van der Waals surface area contributed by atoms with Crippen molar-refractivity contribution in [1.29, 1.82) is 0 Å². The first-order valence-corrected chi connectivity index (χ1v) is 6.76. The molecule has 2 aromatic heterocycles. The van der Waals surface area contributed by atoms with Crippen molar-refractivity contribution in [3.05, 3.63) is 34.0 Å². The largest absolute Gasteiger partial charge is 0.383 e. The van der Waals surface area contributed by atoms with Gasteiger partial charge in [-0.05, 0) is 13.0 Å². The van der Waals surface area contributed by atoms with Gasteiger partial charge in [-0.15, -0.1) is 11.3 Å². The SMILES string of the molecule is COCCn1nccc1C(N)Cc1nc(C)cs1. The monoisotopic (exact) mass is 266 g/mol. The van der Waals surface area contributed by atoms with Crippen LogP contribution in [0.5, 0.6) is 0 Å². The summed E-state index contributed by atoms with van der Waals surface area (Å²) >= 11 is 1.65. The van der Waals surface area contributed by atoms with E-state index >= 15 is 0 Å². The maximum absolute atomic E-state index is 6.22. The van der Waals surface area contributed by atoms with Gasteiger partial charge in [-0.25, -0.2) is 4.98 Å². The molecule has 2 aromatic rings. The van der Waals surface area contributed by atoms with Crippen LogP contribution in [0, 0.1) is 6.92 Å². The van der Waals surface area contributed by atoms with Gasteiger partial charge in [0, 0.05) is 30.8 Å². The van der Waals surface area contributed by atoms with E-state index in [0.29, 0.717) is 6.61 Å². The molecule has 0 aliphatic heterocycles. The summed E-state index contributed by atoms with van der Waals surface area (Å²) in [5, 5.41) is 7.38. The molecule has 0 radical (unpaired) electrons. The van der Waals surface area contributed by atoms with Gasteiger partial charge in [0.15, 0.2) is 0 Å². The lowest BCUT2D eigenvalue weighted by molar-refractivity contribution is 0.182. The molecule has 0 saturated carbocycles. The van der Waals surface area contributed by atoms with E-state index in [9.17, 15) is 0 Å². The van der Waals surface area contributed by atoms with Crippen LogP contribution in [0.2, 0.25) is 0 Å². The van der Waals surface area contributed by atoms with Gasteiger partial charge in [0.05, 0.1) is 29.9 Å². The summed E-state index contributed by atoms with van der Waals surface area (Å²) in [6, 6.07) is 1.88. The third-order valence-corrected chi connectivity index (χ3v) is 3.69. The number of thiazole rings is 1. The van der Waals surface area contributed by atoms with Crippen LogP contribution in [0.3, 0.4) is 0 Å². The minimum Gasteiger partial charge on any atom is -0.383 e. The van der Waals surface area contributed by atoms with Gasteiger partial charge in [0.25, 0.3) is 0 Å². The van der Waals surface area contributed by atoms with Crippen LogP contribution >= 0.6 is 11.3 Å². The minimum atomic E-state index is -0.0742. The fourth-order valence-electron chi connectivity index (χ4n) is 1.81. The number of hydrogen-bond donors (Lipinski definition) is 1. The molecule has 2 N–H and O–H groups in total. The minimum absolute atomic E-state index is 0.0742. The molecular weight excluding hydrogens is 248 g/mol. The summed E-state index contributed by atoms with van der Waals surface area (Å²) in [5.74, 6) is 0. The predicted octanol–water partition coefficient (Wildman–Crippen LogP) is 1.54. The lowest BCUT2D eigenvalue weighted by atomic mass is 10.1. The molecule has 0 amide bonds. The van der Waals surface area contributed by atoms with Gasteiger partial charge in [-0.2, -0.15) is 5.10 Å². The number of rotatable bonds is 6. The Labute approximate surface area is 111 Å². The van der Waals surface area contributed by atoms with Crippen LogP contribution in [0.4, 0.5) is 0 Å². The average molecular weight is 266 g/mol. The fourth-order valence-corrected chi connectivity index (χ4v) is 2.64. The van der Waals surface area contributed by atoms with E-state index in [2.05, 4.69) is 10.1 Å². The highest BCUT2D eigenvalue weighted by molar-refractivity contribution is 7.09. The lowest BCUT2D eigenvalue weighted by Gasteiger charge is -2.12. The van der Waals surface area contributed by atoms with Crippen LogP contribution in [0.25, 0.3) is 0 Å². The van der Waals surface area contributed by atoms with E-state index in [0.717, 1.165) is 29.4 Å². The number of hydrogen-bond acceptors (Lipinski definition) is 5.